The Morgan fingerprint density at radius 3 is 2.36 bits per heavy atom. The van der Waals surface area contributed by atoms with Crippen LogP contribution in [0.4, 0.5) is 11.4 Å². The number of methoxy groups -OCH3 is 2. The van der Waals surface area contributed by atoms with Crippen molar-refractivity contribution >= 4 is 23.2 Å². The van der Waals surface area contributed by atoms with Crippen LogP contribution in [0.5, 0.6) is 11.5 Å². The van der Waals surface area contributed by atoms with Crippen molar-refractivity contribution in [3.05, 3.63) is 42.2 Å². The molecule has 3 rings (SSSR count). The number of aromatic nitrogens is 1. The molecule has 0 saturated carbocycles. The summed E-state index contributed by atoms with van der Waals surface area (Å²) >= 11 is 0. The van der Waals surface area contributed by atoms with E-state index in [0.717, 1.165) is 5.69 Å². The van der Waals surface area contributed by atoms with Crippen molar-refractivity contribution in [1.29, 1.82) is 0 Å². The third kappa shape index (κ3) is 4.33. The van der Waals surface area contributed by atoms with Crippen molar-refractivity contribution in [2.45, 2.75) is 6.92 Å². The summed E-state index contributed by atoms with van der Waals surface area (Å²) in [4.78, 5) is 32.3. The quantitative estimate of drug-likeness (QED) is 0.849. The van der Waals surface area contributed by atoms with E-state index in [0.29, 0.717) is 48.9 Å². The van der Waals surface area contributed by atoms with E-state index < -0.39 is 0 Å². The van der Waals surface area contributed by atoms with Gasteiger partial charge in [-0.1, -0.05) is 0 Å². The van der Waals surface area contributed by atoms with Gasteiger partial charge in [-0.2, -0.15) is 0 Å². The molecule has 0 spiro atoms. The van der Waals surface area contributed by atoms with E-state index in [1.165, 1.54) is 6.20 Å². The number of piperazine rings is 1. The Kier molecular flexibility index (Phi) is 5.98. The first kappa shape index (κ1) is 19.5. The lowest BCUT2D eigenvalue weighted by Crippen LogP contribution is -2.48. The van der Waals surface area contributed by atoms with E-state index in [1.54, 1.807) is 45.5 Å². The number of hydrogen-bond acceptors (Lipinski definition) is 6. The Morgan fingerprint density at radius 1 is 1.00 bits per heavy atom. The maximum atomic E-state index is 12.6. The van der Waals surface area contributed by atoms with Crippen LogP contribution in [0, 0.1) is 0 Å². The van der Waals surface area contributed by atoms with Gasteiger partial charge < -0.3 is 24.6 Å². The average Bonchev–Trinajstić information content (AvgIpc) is 2.73. The number of rotatable bonds is 5. The highest BCUT2D eigenvalue weighted by atomic mass is 16.5. The minimum absolute atomic E-state index is 0.0841. The Morgan fingerprint density at radius 2 is 1.71 bits per heavy atom. The molecule has 0 unspecified atom stereocenters. The van der Waals surface area contributed by atoms with E-state index in [9.17, 15) is 9.59 Å². The molecule has 1 aliphatic heterocycles. The number of anilines is 2. The Balaban J connectivity index is 1.70. The van der Waals surface area contributed by atoms with Gasteiger partial charge in [0.1, 0.15) is 0 Å². The van der Waals surface area contributed by atoms with Crippen molar-refractivity contribution < 1.29 is 19.1 Å². The van der Waals surface area contributed by atoms with Crippen molar-refractivity contribution in [3.8, 4) is 11.5 Å². The van der Waals surface area contributed by atoms with Gasteiger partial charge >= 0.3 is 0 Å². The van der Waals surface area contributed by atoms with Crippen LogP contribution in [0.25, 0.3) is 0 Å². The van der Waals surface area contributed by atoms with Gasteiger partial charge in [-0.15, -0.1) is 0 Å². The summed E-state index contributed by atoms with van der Waals surface area (Å²) in [6, 6.07) is 7.00. The Hall–Kier alpha value is -3.29. The van der Waals surface area contributed by atoms with Gasteiger partial charge in [0.15, 0.2) is 11.5 Å². The van der Waals surface area contributed by atoms with Gasteiger partial charge in [0, 0.05) is 51.1 Å². The number of carbonyl (C=O) groups is 2. The number of ether oxygens (including phenoxy) is 2. The topological polar surface area (TPSA) is 84.0 Å². The monoisotopic (exact) mass is 384 g/mol. The Labute approximate surface area is 164 Å². The highest BCUT2D eigenvalue weighted by Crippen LogP contribution is 2.30. The summed E-state index contributed by atoms with van der Waals surface area (Å²) in [5, 5.41) is 2.85. The van der Waals surface area contributed by atoms with E-state index in [-0.39, 0.29) is 11.8 Å². The fourth-order valence-corrected chi connectivity index (χ4v) is 3.12. The zero-order chi connectivity index (χ0) is 20.1. The second-order valence-electron chi connectivity index (χ2n) is 6.45. The zero-order valence-corrected chi connectivity index (χ0v) is 16.3. The van der Waals surface area contributed by atoms with Crippen LogP contribution in [-0.4, -0.2) is 62.1 Å². The molecule has 148 valence electrons. The fraction of sp³-hybridized carbons (Fsp3) is 0.350. The van der Waals surface area contributed by atoms with Crippen LogP contribution in [0.1, 0.15) is 17.3 Å². The minimum Gasteiger partial charge on any atom is -0.493 e. The largest absolute Gasteiger partial charge is 0.493 e. The molecule has 8 heteroatoms. The first-order valence-corrected chi connectivity index (χ1v) is 9.00. The summed E-state index contributed by atoms with van der Waals surface area (Å²) in [5.74, 6) is 0.953. The number of benzene rings is 1. The lowest BCUT2D eigenvalue weighted by atomic mass is 10.2. The van der Waals surface area contributed by atoms with E-state index in [4.69, 9.17) is 9.47 Å². The van der Waals surface area contributed by atoms with Gasteiger partial charge in [-0.3, -0.25) is 14.6 Å². The van der Waals surface area contributed by atoms with Gasteiger partial charge in [0.05, 0.1) is 31.7 Å². The van der Waals surface area contributed by atoms with E-state index >= 15 is 0 Å². The standard InChI is InChI=1S/C20H24N4O4/c1-14(25)23-6-8-24(9-7-23)17-10-15(12-21-13-17)20(26)22-16-4-5-18(27-2)19(11-16)28-3/h4-5,10-13H,6-9H2,1-3H3,(H,22,26). The van der Waals surface area contributed by atoms with E-state index in [2.05, 4.69) is 15.2 Å². The molecular weight excluding hydrogens is 360 g/mol. The molecule has 28 heavy (non-hydrogen) atoms. The minimum atomic E-state index is -0.260. The van der Waals surface area contributed by atoms with Crippen LogP contribution >= 0.6 is 0 Å². The predicted octanol–water partition coefficient (Wildman–Crippen LogP) is 2.02. The number of pyridine rings is 1. The summed E-state index contributed by atoms with van der Waals surface area (Å²) < 4.78 is 10.5. The fourth-order valence-electron chi connectivity index (χ4n) is 3.12. The molecule has 1 N–H and O–H groups in total. The van der Waals surface area contributed by atoms with Gasteiger partial charge in [-0.05, 0) is 18.2 Å². The molecule has 0 atom stereocenters. The summed E-state index contributed by atoms with van der Waals surface area (Å²) in [6.45, 7) is 4.33. The molecule has 1 aliphatic rings. The molecule has 0 radical (unpaired) electrons. The zero-order valence-electron chi connectivity index (χ0n) is 16.3. The number of nitrogens with zero attached hydrogens (tertiary/aromatic N) is 3. The lowest BCUT2D eigenvalue weighted by Gasteiger charge is -2.35. The van der Waals surface area contributed by atoms with Crippen LogP contribution in [0.3, 0.4) is 0 Å². The third-order valence-electron chi connectivity index (χ3n) is 4.72. The highest BCUT2D eigenvalue weighted by Gasteiger charge is 2.20. The number of carbonyl (C=O) groups excluding carboxylic acids is 2. The van der Waals surface area contributed by atoms with Crippen molar-refractivity contribution in [1.82, 2.24) is 9.88 Å². The number of nitrogens with one attached hydrogen (secondary N) is 1. The molecule has 2 aromatic rings. The Bertz CT molecular complexity index is 863. The number of amides is 2. The van der Waals surface area contributed by atoms with Crippen molar-refractivity contribution in [3.63, 3.8) is 0 Å². The summed E-state index contributed by atoms with van der Waals surface area (Å²) in [7, 11) is 3.10. The average molecular weight is 384 g/mol. The smallest absolute Gasteiger partial charge is 0.257 e. The first-order chi connectivity index (χ1) is 13.5. The summed E-state index contributed by atoms with van der Waals surface area (Å²) in [5.41, 5.74) is 1.92. The number of hydrogen-bond donors (Lipinski definition) is 1. The van der Waals surface area contributed by atoms with Crippen LogP contribution in [-0.2, 0) is 4.79 Å². The molecule has 1 aromatic carbocycles. The third-order valence-corrected chi connectivity index (χ3v) is 4.72. The maximum absolute atomic E-state index is 12.6. The maximum Gasteiger partial charge on any atom is 0.257 e. The molecule has 8 nitrogen and oxygen atoms in total. The lowest BCUT2D eigenvalue weighted by molar-refractivity contribution is -0.129. The normalized spacial score (nSPS) is 13.8. The molecule has 1 fully saturated rings. The molecular formula is C20H24N4O4. The van der Waals surface area contributed by atoms with E-state index in [1.807, 2.05) is 11.0 Å². The predicted molar refractivity (Wildman–Crippen MR) is 106 cm³/mol. The second kappa shape index (κ2) is 8.60. The highest BCUT2D eigenvalue weighted by molar-refractivity contribution is 6.04. The molecule has 0 bridgehead atoms. The van der Waals surface area contributed by atoms with Crippen molar-refractivity contribution in [2.24, 2.45) is 0 Å². The van der Waals surface area contributed by atoms with Crippen LogP contribution < -0.4 is 19.7 Å². The van der Waals surface area contributed by atoms with Crippen LogP contribution in [0.15, 0.2) is 36.7 Å². The van der Waals surface area contributed by atoms with Gasteiger partial charge in [0.25, 0.3) is 5.91 Å². The van der Waals surface area contributed by atoms with Gasteiger partial charge in [-0.25, -0.2) is 0 Å². The van der Waals surface area contributed by atoms with Crippen LogP contribution in [0.2, 0.25) is 0 Å². The van der Waals surface area contributed by atoms with Crippen molar-refractivity contribution in [2.75, 3.05) is 50.6 Å². The molecule has 1 aromatic heterocycles. The molecule has 0 aliphatic carbocycles. The second-order valence-corrected chi connectivity index (χ2v) is 6.45. The molecule has 1 saturated heterocycles. The molecule has 2 heterocycles. The van der Waals surface area contributed by atoms with Gasteiger partial charge in [0.2, 0.25) is 5.91 Å². The summed E-state index contributed by atoms with van der Waals surface area (Å²) in [6.07, 6.45) is 3.27. The first-order valence-electron chi connectivity index (χ1n) is 9.00. The SMILES string of the molecule is COc1ccc(NC(=O)c2cncc(N3CCN(C(C)=O)CC3)c2)cc1OC. The molecule has 2 amide bonds.